The largest absolute Gasteiger partial charge is 0.507 e. The number of benzene rings is 1. The molecule has 26 heavy (non-hydrogen) atoms. The van der Waals surface area contributed by atoms with Crippen LogP contribution in [0.2, 0.25) is 0 Å². The molecule has 3 N–H and O–H groups in total. The van der Waals surface area contributed by atoms with Gasteiger partial charge in [0, 0.05) is 6.04 Å². The quantitative estimate of drug-likeness (QED) is 0.309. The fourth-order valence-corrected chi connectivity index (χ4v) is 2.90. The second-order valence-corrected chi connectivity index (χ2v) is 5.92. The zero-order valence-electron chi connectivity index (χ0n) is 14.9. The van der Waals surface area contributed by atoms with Gasteiger partial charge in [0.05, 0.1) is 16.8 Å². The molecule has 1 aliphatic rings. The maximum Gasteiger partial charge on any atom is 0.339 e. The zero-order chi connectivity index (χ0) is 19.5. The van der Waals surface area contributed by atoms with Gasteiger partial charge in [-0.15, -0.1) is 12.8 Å². The third kappa shape index (κ3) is 5.72. The Labute approximate surface area is 154 Å². The summed E-state index contributed by atoms with van der Waals surface area (Å²) in [6, 6.07) is 8.13. The van der Waals surface area contributed by atoms with Crippen LogP contribution in [-0.2, 0) is 11.2 Å². The maximum atomic E-state index is 11.2. The summed E-state index contributed by atoms with van der Waals surface area (Å²) >= 11 is 0. The van der Waals surface area contributed by atoms with Crippen molar-refractivity contribution in [2.24, 2.45) is 0 Å². The van der Waals surface area contributed by atoms with Crippen LogP contribution >= 0.6 is 0 Å². The molecule has 2 rings (SSSR count). The summed E-state index contributed by atoms with van der Waals surface area (Å²) in [5, 5.41) is 31.5. The van der Waals surface area contributed by atoms with Crippen molar-refractivity contribution in [2.45, 2.75) is 45.1 Å². The number of hydrogen-bond donors (Lipinski definition) is 3. The number of aliphatic hydroxyl groups excluding tert-OH is 1. The summed E-state index contributed by atoms with van der Waals surface area (Å²) in [6.45, 7) is 1.57. The van der Waals surface area contributed by atoms with Crippen molar-refractivity contribution < 1.29 is 15.0 Å². The van der Waals surface area contributed by atoms with Crippen LogP contribution < -0.4 is 5.32 Å². The average molecular weight is 352 g/mol. The molecule has 0 aliphatic heterocycles. The Morgan fingerprint density at radius 3 is 2.54 bits per heavy atom. The molecule has 1 saturated carbocycles. The normalized spacial score (nSPS) is 14.8. The first-order chi connectivity index (χ1) is 12.5. The van der Waals surface area contributed by atoms with Gasteiger partial charge in [-0.25, -0.2) is 4.79 Å². The highest BCUT2D eigenvalue weighted by Crippen LogP contribution is 2.25. The van der Waals surface area contributed by atoms with Gasteiger partial charge in [0.15, 0.2) is 0 Å². The first-order valence-corrected chi connectivity index (χ1v) is 8.47. The third-order valence-electron chi connectivity index (χ3n) is 4.24. The lowest BCUT2D eigenvalue weighted by Gasteiger charge is -2.15. The van der Waals surface area contributed by atoms with Crippen molar-refractivity contribution in [3.05, 3.63) is 52.8 Å². The molecular formula is C21H24N2O3. The first-order valence-electron chi connectivity index (χ1n) is 8.47. The van der Waals surface area contributed by atoms with Crippen LogP contribution in [0.3, 0.4) is 0 Å². The molecule has 0 radical (unpaired) electrons. The molecule has 0 saturated heterocycles. The lowest BCUT2D eigenvalue weighted by atomic mass is 10.0. The van der Waals surface area contributed by atoms with E-state index in [1.165, 1.54) is 25.0 Å². The van der Waals surface area contributed by atoms with Gasteiger partial charge in [-0.05, 0) is 50.0 Å². The van der Waals surface area contributed by atoms with E-state index in [2.05, 4.69) is 24.2 Å². The number of rotatable bonds is 6. The second kappa shape index (κ2) is 10.6. The van der Waals surface area contributed by atoms with E-state index in [0.29, 0.717) is 18.0 Å². The van der Waals surface area contributed by atoms with E-state index in [9.17, 15) is 15.2 Å². The first kappa shape index (κ1) is 20.9. The number of carbonyl (C=O) groups is 1. The molecule has 136 valence electrons. The van der Waals surface area contributed by atoms with Crippen molar-refractivity contribution in [1.29, 1.82) is 5.26 Å². The summed E-state index contributed by atoms with van der Waals surface area (Å²) in [5.41, 5.74) is 2.07. The van der Waals surface area contributed by atoms with E-state index < -0.39 is 5.97 Å². The Balaban J connectivity index is 0.00000163. The molecule has 0 unspecified atom stereocenters. The highest BCUT2D eigenvalue weighted by atomic mass is 16.4. The van der Waals surface area contributed by atoms with E-state index in [-0.39, 0.29) is 11.3 Å². The smallest absolute Gasteiger partial charge is 0.339 e. The number of carboxylic acid groups (broad SMARTS) is 1. The molecule has 5 nitrogen and oxygen atoms in total. The van der Waals surface area contributed by atoms with E-state index in [1.807, 2.05) is 12.1 Å². The minimum absolute atomic E-state index is 0.135. The fourth-order valence-electron chi connectivity index (χ4n) is 2.90. The minimum Gasteiger partial charge on any atom is -0.507 e. The Morgan fingerprint density at radius 1 is 1.35 bits per heavy atom. The van der Waals surface area contributed by atoms with Crippen LogP contribution in [0, 0.1) is 24.2 Å². The monoisotopic (exact) mass is 352 g/mol. The number of nitriles is 1. The molecule has 1 aromatic carbocycles. The van der Waals surface area contributed by atoms with Gasteiger partial charge in [0.1, 0.15) is 11.8 Å². The zero-order valence-corrected chi connectivity index (χ0v) is 14.9. The Bertz CT molecular complexity index is 748. The van der Waals surface area contributed by atoms with Gasteiger partial charge in [-0.3, -0.25) is 0 Å². The SMILES string of the molecule is C#C.C/C=C(O)\C(=C/Cc1ccc(NC2CCCC2)c(C#N)c1)C(=O)O. The summed E-state index contributed by atoms with van der Waals surface area (Å²) in [5.74, 6) is -1.44. The van der Waals surface area contributed by atoms with E-state index >= 15 is 0 Å². The Kier molecular flexibility index (Phi) is 8.54. The number of anilines is 1. The lowest BCUT2D eigenvalue weighted by molar-refractivity contribution is -0.132. The van der Waals surface area contributed by atoms with Crippen molar-refractivity contribution in [3.63, 3.8) is 0 Å². The standard InChI is InChI=1S/C19H22N2O3.C2H2/c1-2-18(22)16(19(23)24)9-7-13-8-10-17(14(11-13)12-20)21-15-5-3-4-6-15;1-2/h2,8-11,15,21-22H,3-7H2,1H3,(H,23,24);1-2H/b16-9+,18-2+;. The Morgan fingerprint density at radius 2 is 2.00 bits per heavy atom. The van der Waals surface area contributed by atoms with Crippen molar-refractivity contribution in [3.8, 4) is 18.9 Å². The summed E-state index contributed by atoms with van der Waals surface area (Å²) in [7, 11) is 0. The number of carboxylic acids is 1. The van der Waals surface area contributed by atoms with E-state index in [1.54, 1.807) is 13.0 Å². The number of aliphatic hydroxyl groups is 1. The number of hydrogen-bond acceptors (Lipinski definition) is 4. The van der Waals surface area contributed by atoms with Crippen LogP contribution in [0.1, 0.15) is 43.7 Å². The van der Waals surface area contributed by atoms with E-state index in [0.717, 1.165) is 24.1 Å². The molecule has 0 heterocycles. The average Bonchev–Trinajstić information content (AvgIpc) is 3.17. The summed E-state index contributed by atoms with van der Waals surface area (Å²) in [6.07, 6.45) is 15.8. The number of nitrogens with one attached hydrogen (secondary N) is 1. The van der Waals surface area contributed by atoms with Crippen molar-refractivity contribution >= 4 is 11.7 Å². The van der Waals surface area contributed by atoms with Gasteiger partial charge in [0.25, 0.3) is 0 Å². The van der Waals surface area contributed by atoms with Crippen LogP contribution in [-0.4, -0.2) is 22.2 Å². The number of allylic oxidation sites excluding steroid dienone is 2. The molecule has 0 atom stereocenters. The Hall–Kier alpha value is -3.18. The van der Waals surface area contributed by atoms with Gasteiger partial charge in [-0.2, -0.15) is 5.26 Å². The lowest BCUT2D eigenvalue weighted by Crippen LogP contribution is -2.15. The molecule has 1 fully saturated rings. The summed E-state index contributed by atoms with van der Waals surface area (Å²) in [4.78, 5) is 11.2. The number of terminal acetylenes is 1. The topological polar surface area (TPSA) is 93.4 Å². The second-order valence-electron chi connectivity index (χ2n) is 5.92. The predicted molar refractivity (Wildman–Crippen MR) is 103 cm³/mol. The minimum atomic E-state index is -1.18. The molecule has 0 aromatic heterocycles. The molecule has 0 spiro atoms. The molecule has 0 bridgehead atoms. The van der Waals surface area contributed by atoms with Crippen LogP contribution in [0.25, 0.3) is 0 Å². The highest BCUT2D eigenvalue weighted by molar-refractivity contribution is 5.90. The van der Waals surface area contributed by atoms with Crippen LogP contribution in [0.15, 0.2) is 41.7 Å². The van der Waals surface area contributed by atoms with Crippen LogP contribution in [0.4, 0.5) is 5.69 Å². The molecule has 5 heteroatoms. The van der Waals surface area contributed by atoms with Gasteiger partial charge >= 0.3 is 5.97 Å². The third-order valence-corrected chi connectivity index (χ3v) is 4.24. The number of aliphatic carboxylic acids is 1. The maximum absolute atomic E-state index is 11.2. The van der Waals surface area contributed by atoms with Crippen molar-refractivity contribution in [2.75, 3.05) is 5.32 Å². The van der Waals surface area contributed by atoms with Gasteiger partial charge < -0.3 is 15.5 Å². The van der Waals surface area contributed by atoms with Crippen molar-refractivity contribution in [1.82, 2.24) is 0 Å². The van der Waals surface area contributed by atoms with Gasteiger partial charge in [0.2, 0.25) is 0 Å². The predicted octanol–water partition coefficient (Wildman–Crippen LogP) is 4.18. The molecular weight excluding hydrogens is 328 g/mol. The highest BCUT2D eigenvalue weighted by Gasteiger charge is 2.16. The molecule has 0 amide bonds. The van der Waals surface area contributed by atoms with Crippen LogP contribution in [0.5, 0.6) is 0 Å². The summed E-state index contributed by atoms with van der Waals surface area (Å²) < 4.78 is 0. The van der Waals surface area contributed by atoms with E-state index in [4.69, 9.17) is 5.11 Å². The molecule has 1 aliphatic carbocycles. The number of nitrogens with zero attached hydrogens (tertiary/aromatic N) is 1. The fraction of sp³-hybridized carbons (Fsp3) is 0.333. The van der Waals surface area contributed by atoms with Gasteiger partial charge in [-0.1, -0.05) is 25.0 Å². The molecule has 1 aromatic rings.